The molecule has 3 rings (SSSR count). The molecular weight excluding hydrogens is 406 g/mol. The van der Waals surface area contributed by atoms with Crippen LogP contribution in [0.5, 0.6) is 5.75 Å². The highest BCUT2D eigenvalue weighted by molar-refractivity contribution is 6.34. The molecule has 0 saturated carbocycles. The molecule has 1 heterocycles. The Morgan fingerprint density at radius 2 is 1.97 bits per heavy atom. The predicted octanol–water partition coefficient (Wildman–Crippen LogP) is 3.54. The maximum atomic E-state index is 12.6. The molecule has 1 unspecified atom stereocenters. The summed E-state index contributed by atoms with van der Waals surface area (Å²) in [7, 11) is 1.49. The third kappa shape index (κ3) is 6.19. The van der Waals surface area contributed by atoms with Crippen molar-refractivity contribution in [2.24, 2.45) is 0 Å². The number of nitrogens with zero attached hydrogens (tertiary/aromatic N) is 1. The normalized spacial score (nSPS) is 16.7. The minimum Gasteiger partial charge on any atom is -0.494 e. The number of halogens is 1. The number of hydrogen-bond donors (Lipinski definition) is 2. The molecule has 0 aromatic heterocycles. The average molecular weight is 432 g/mol. The quantitative estimate of drug-likeness (QED) is 0.701. The fraction of sp³-hybridized carbons (Fsp3) is 0.364. The van der Waals surface area contributed by atoms with Crippen molar-refractivity contribution in [1.29, 1.82) is 0 Å². The number of benzene rings is 2. The van der Waals surface area contributed by atoms with Crippen molar-refractivity contribution >= 4 is 34.8 Å². The summed E-state index contributed by atoms with van der Waals surface area (Å²) < 4.78 is 11.1. The molecule has 30 heavy (non-hydrogen) atoms. The average Bonchev–Trinajstić information content (AvgIpc) is 2.70. The Morgan fingerprint density at radius 3 is 2.67 bits per heavy atom. The standard InChI is InChI=1S/C22H26ClN3O4/c1-15(27)24-19-12-21(29-2)20(11-18(19)23)25-22(28)10-17-14-26(8-9-30-17)13-16-6-4-3-5-7-16/h3-7,11-12,17H,8-10,13-14H2,1-2H3,(H,24,27)(H,25,28). The molecule has 7 nitrogen and oxygen atoms in total. The molecule has 1 fully saturated rings. The van der Waals surface area contributed by atoms with E-state index < -0.39 is 0 Å². The first-order valence-electron chi connectivity index (χ1n) is 9.77. The van der Waals surface area contributed by atoms with Crippen molar-refractivity contribution in [3.05, 3.63) is 53.1 Å². The molecule has 1 aliphatic heterocycles. The molecular formula is C22H26ClN3O4. The molecule has 1 atom stereocenters. The van der Waals surface area contributed by atoms with E-state index in [1.54, 1.807) is 12.1 Å². The first-order chi connectivity index (χ1) is 14.4. The lowest BCUT2D eigenvalue weighted by atomic mass is 10.1. The number of carbonyl (C=O) groups is 2. The Morgan fingerprint density at radius 1 is 1.20 bits per heavy atom. The molecule has 0 spiro atoms. The summed E-state index contributed by atoms with van der Waals surface area (Å²) in [6.07, 6.45) is 0.0297. The van der Waals surface area contributed by atoms with E-state index in [1.165, 1.54) is 19.6 Å². The van der Waals surface area contributed by atoms with Crippen LogP contribution in [-0.4, -0.2) is 49.6 Å². The molecule has 160 valence electrons. The van der Waals surface area contributed by atoms with Crippen LogP contribution >= 0.6 is 11.6 Å². The van der Waals surface area contributed by atoms with Crippen molar-refractivity contribution in [2.75, 3.05) is 37.4 Å². The number of hydrogen-bond acceptors (Lipinski definition) is 5. The van der Waals surface area contributed by atoms with Crippen LogP contribution in [-0.2, 0) is 20.9 Å². The Hall–Kier alpha value is -2.61. The van der Waals surface area contributed by atoms with E-state index in [2.05, 4.69) is 27.7 Å². The third-order valence-electron chi connectivity index (χ3n) is 4.76. The van der Waals surface area contributed by atoms with Gasteiger partial charge in [0.2, 0.25) is 11.8 Å². The summed E-state index contributed by atoms with van der Waals surface area (Å²) in [6, 6.07) is 13.4. The van der Waals surface area contributed by atoms with E-state index in [9.17, 15) is 9.59 Å². The Kier molecular flexibility index (Phi) is 7.68. The fourth-order valence-corrected chi connectivity index (χ4v) is 3.61. The van der Waals surface area contributed by atoms with E-state index in [0.29, 0.717) is 35.3 Å². The second-order valence-corrected chi connectivity index (χ2v) is 7.59. The third-order valence-corrected chi connectivity index (χ3v) is 5.07. The molecule has 2 amide bonds. The van der Waals surface area contributed by atoms with Crippen molar-refractivity contribution < 1.29 is 19.1 Å². The van der Waals surface area contributed by atoms with E-state index in [1.807, 2.05) is 18.2 Å². The van der Waals surface area contributed by atoms with Crippen molar-refractivity contribution in [3.63, 3.8) is 0 Å². The van der Waals surface area contributed by atoms with E-state index in [-0.39, 0.29) is 24.3 Å². The molecule has 8 heteroatoms. The molecule has 2 aromatic rings. The number of rotatable bonds is 7. The fourth-order valence-electron chi connectivity index (χ4n) is 3.40. The van der Waals surface area contributed by atoms with Gasteiger partial charge in [0.05, 0.1) is 42.6 Å². The van der Waals surface area contributed by atoms with Gasteiger partial charge in [-0.05, 0) is 11.6 Å². The number of ether oxygens (including phenoxy) is 2. The second kappa shape index (κ2) is 10.4. The Bertz CT molecular complexity index is 891. The lowest BCUT2D eigenvalue weighted by Gasteiger charge is -2.32. The Labute approximate surface area is 181 Å². The van der Waals surface area contributed by atoms with Gasteiger partial charge in [-0.15, -0.1) is 0 Å². The van der Waals surface area contributed by atoms with Gasteiger partial charge in [0.25, 0.3) is 0 Å². The van der Waals surface area contributed by atoms with Gasteiger partial charge in [0.15, 0.2) is 0 Å². The molecule has 2 N–H and O–H groups in total. The zero-order valence-corrected chi connectivity index (χ0v) is 17.9. The van der Waals surface area contributed by atoms with Gasteiger partial charge in [-0.3, -0.25) is 14.5 Å². The number of anilines is 2. The lowest BCUT2D eigenvalue weighted by Crippen LogP contribution is -2.43. The van der Waals surface area contributed by atoms with Crippen LogP contribution in [0.25, 0.3) is 0 Å². The maximum Gasteiger partial charge on any atom is 0.227 e. The molecule has 1 aliphatic rings. The number of methoxy groups -OCH3 is 1. The predicted molar refractivity (Wildman–Crippen MR) is 117 cm³/mol. The highest BCUT2D eigenvalue weighted by Gasteiger charge is 2.23. The topological polar surface area (TPSA) is 79.9 Å². The van der Waals surface area contributed by atoms with E-state index >= 15 is 0 Å². The molecule has 0 bridgehead atoms. The van der Waals surface area contributed by atoms with Gasteiger partial charge in [-0.2, -0.15) is 0 Å². The molecule has 0 radical (unpaired) electrons. The van der Waals surface area contributed by atoms with Crippen LogP contribution in [0.2, 0.25) is 5.02 Å². The Balaban J connectivity index is 1.59. The SMILES string of the molecule is COc1cc(NC(C)=O)c(Cl)cc1NC(=O)CC1CN(Cc2ccccc2)CCO1. The van der Waals surface area contributed by atoms with Gasteiger partial charge < -0.3 is 20.1 Å². The first kappa shape index (κ1) is 22.1. The number of morpholine rings is 1. The number of carbonyl (C=O) groups excluding carboxylic acids is 2. The highest BCUT2D eigenvalue weighted by atomic mass is 35.5. The van der Waals surface area contributed by atoms with E-state index in [0.717, 1.165) is 13.1 Å². The summed E-state index contributed by atoms with van der Waals surface area (Å²) in [5.74, 6) is -0.0276. The van der Waals surface area contributed by atoms with Crippen molar-refractivity contribution in [1.82, 2.24) is 4.90 Å². The highest BCUT2D eigenvalue weighted by Crippen LogP contribution is 2.34. The summed E-state index contributed by atoms with van der Waals surface area (Å²) in [4.78, 5) is 26.2. The first-order valence-corrected chi connectivity index (χ1v) is 10.1. The van der Waals surface area contributed by atoms with Crippen LogP contribution in [0.1, 0.15) is 18.9 Å². The van der Waals surface area contributed by atoms with Gasteiger partial charge in [-0.1, -0.05) is 41.9 Å². The zero-order chi connectivity index (χ0) is 21.5. The zero-order valence-electron chi connectivity index (χ0n) is 17.1. The smallest absolute Gasteiger partial charge is 0.227 e. The minimum atomic E-state index is -0.245. The molecule has 1 saturated heterocycles. The summed E-state index contributed by atoms with van der Waals surface area (Å²) in [6.45, 7) is 4.33. The lowest BCUT2D eigenvalue weighted by molar-refractivity contribution is -0.121. The van der Waals surface area contributed by atoms with Crippen molar-refractivity contribution in [2.45, 2.75) is 26.0 Å². The van der Waals surface area contributed by atoms with Gasteiger partial charge in [0, 0.05) is 32.6 Å². The van der Waals surface area contributed by atoms with Crippen LogP contribution in [0, 0.1) is 0 Å². The van der Waals surface area contributed by atoms with Gasteiger partial charge in [0.1, 0.15) is 5.75 Å². The maximum absolute atomic E-state index is 12.6. The van der Waals surface area contributed by atoms with Crippen LogP contribution in [0.3, 0.4) is 0 Å². The summed E-state index contributed by atoms with van der Waals surface area (Å²) >= 11 is 6.22. The van der Waals surface area contributed by atoms with Crippen molar-refractivity contribution in [3.8, 4) is 5.75 Å². The monoisotopic (exact) mass is 431 g/mol. The number of nitrogens with one attached hydrogen (secondary N) is 2. The van der Waals surface area contributed by atoms with Gasteiger partial charge in [-0.25, -0.2) is 0 Å². The van der Waals surface area contributed by atoms with Gasteiger partial charge >= 0.3 is 0 Å². The van der Waals surface area contributed by atoms with E-state index in [4.69, 9.17) is 21.1 Å². The molecule has 0 aliphatic carbocycles. The largest absolute Gasteiger partial charge is 0.494 e. The summed E-state index contributed by atoms with van der Waals surface area (Å²) in [5.41, 5.74) is 2.10. The van der Waals surface area contributed by atoms with Crippen LogP contribution < -0.4 is 15.4 Å². The molecule has 2 aromatic carbocycles. The van der Waals surface area contributed by atoms with Crippen LogP contribution in [0.4, 0.5) is 11.4 Å². The number of amides is 2. The summed E-state index contributed by atoms with van der Waals surface area (Å²) in [5, 5.41) is 5.77. The minimum absolute atomic E-state index is 0.191. The second-order valence-electron chi connectivity index (χ2n) is 7.18. The van der Waals surface area contributed by atoms with Crippen LogP contribution in [0.15, 0.2) is 42.5 Å².